The second-order valence-electron chi connectivity index (χ2n) is 5.42. The van der Waals surface area contributed by atoms with Crippen molar-refractivity contribution in [2.24, 2.45) is 0 Å². The molecule has 1 fully saturated rings. The van der Waals surface area contributed by atoms with Gasteiger partial charge in [-0.1, -0.05) is 18.2 Å². The predicted molar refractivity (Wildman–Crippen MR) is 87.3 cm³/mol. The summed E-state index contributed by atoms with van der Waals surface area (Å²) in [6, 6.07) is 11.1. The minimum atomic E-state index is -0.171. The Labute approximate surface area is 135 Å². The van der Waals surface area contributed by atoms with Crippen LogP contribution in [0.5, 0.6) is 5.75 Å². The van der Waals surface area contributed by atoms with Gasteiger partial charge in [-0.3, -0.25) is 4.79 Å². The topological polar surface area (TPSA) is 67.3 Å². The van der Waals surface area contributed by atoms with E-state index in [9.17, 15) is 4.79 Å². The first kappa shape index (κ1) is 15.3. The van der Waals surface area contributed by atoms with Crippen molar-refractivity contribution in [3.05, 3.63) is 48.3 Å². The first-order valence-electron chi connectivity index (χ1n) is 7.83. The van der Waals surface area contributed by atoms with Crippen molar-refractivity contribution in [2.75, 3.05) is 24.6 Å². The van der Waals surface area contributed by atoms with Crippen molar-refractivity contribution in [3.8, 4) is 5.75 Å². The van der Waals surface area contributed by atoms with Crippen LogP contribution in [0.2, 0.25) is 0 Å². The van der Waals surface area contributed by atoms with Crippen LogP contribution in [-0.4, -0.2) is 35.6 Å². The summed E-state index contributed by atoms with van der Waals surface area (Å²) < 4.78 is 5.41. The molecule has 6 heteroatoms. The number of carbonyl (C=O) groups is 1. The molecule has 0 saturated carbocycles. The molecule has 0 aliphatic carbocycles. The largest absolute Gasteiger partial charge is 0.484 e. The van der Waals surface area contributed by atoms with E-state index in [2.05, 4.69) is 20.2 Å². The van der Waals surface area contributed by atoms with Gasteiger partial charge in [-0.25, -0.2) is 9.97 Å². The van der Waals surface area contributed by atoms with E-state index in [1.807, 2.05) is 36.4 Å². The normalized spacial score (nSPS) is 13.8. The van der Waals surface area contributed by atoms with Crippen molar-refractivity contribution < 1.29 is 9.53 Å². The molecule has 3 rings (SSSR count). The Morgan fingerprint density at radius 1 is 1.17 bits per heavy atom. The Morgan fingerprint density at radius 3 is 2.74 bits per heavy atom. The minimum absolute atomic E-state index is 0.00587. The Morgan fingerprint density at radius 2 is 1.96 bits per heavy atom. The standard InChI is InChI=1S/C17H20N4O2/c22-16(13-23-15-6-2-1-3-7-15)19-12-14-8-9-18-17(20-14)21-10-4-5-11-21/h1-3,6-9H,4-5,10-13H2,(H,19,22). The lowest BCUT2D eigenvalue weighted by atomic mass is 10.3. The SMILES string of the molecule is O=C(COc1ccccc1)NCc1ccnc(N2CCCC2)n1. The molecule has 0 radical (unpaired) electrons. The van der Waals surface area contributed by atoms with Crippen LogP contribution >= 0.6 is 0 Å². The Kier molecular flexibility index (Phi) is 5.03. The van der Waals surface area contributed by atoms with E-state index in [4.69, 9.17) is 4.74 Å². The molecule has 6 nitrogen and oxygen atoms in total. The van der Waals surface area contributed by atoms with Crippen LogP contribution in [0.4, 0.5) is 5.95 Å². The van der Waals surface area contributed by atoms with Gasteiger partial charge in [0.05, 0.1) is 12.2 Å². The van der Waals surface area contributed by atoms with Crippen LogP contribution in [0.1, 0.15) is 18.5 Å². The zero-order chi connectivity index (χ0) is 15.9. The molecule has 1 saturated heterocycles. The maximum Gasteiger partial charge on any atom is 0.258 e. The maximum atomic E-state index is 11.8. The molecule has 1 aromatic carbocycles. The summed E-state index contributed by atoms with van der Waals surface area (Å²) in [6.45, 7) is 2.37. The minimum Gasteiger partial charge on any atom is -0.484 e. The third kappa shape index (κ3) is 4.42. The van der Waals surface area contributed by atoms with Gasteiger partial charge in [-0.2, -0.15) is 0 Å². The van der Waals surface area contributed by atoms with Crippen LogP contribution in [0.15, 0.2) is 42.6 Å². The quantitative estimate of drug-likeness (QED) is 0.880. The van der Waals surface area contributed by atoms with E-state index >= 15 is 0 Å². The van der Waals surface area contributed by atoms with Gasteiger partial charge in [0.2, 0.25) is 5.95 Å². The van der Waals surface area contributed by atoms with Gasteiger partial charge in [-0.15, -0.1) is 0 Å². The molecular formula is C17H20N4O2. The van der Waals surface area contributed by atoms with Crippen molar-refractivity contribution in [1.29, 1.82) is 0 Å². The van der Waals surface area contributed by atoms with Gasteiger partial charge < -0.3 is 15.0 Å². The number of benzene rings is 1. The highest BCUT2D eigenvalue weighted by Crippen LogP contribution is 2.15. The van der Waals surface area contributed by atoms with Crippen LogP contribution in [-0.2, 0) is 11.3 Å². The van der Waals surface area contributed by atoms with E-state index < -0.39 is 0 Å². The molecular weight excluding hydrogens is 292 g/mol. The van der Waals surface area contributed by atoms with E-state index in [-0.39, 0.29) is 12.5 Å². The zero-order valence-corrected chi connectivity index (χ0v) is 12.9. The Hall–Kier alpha value is -2.63. The Balaban J connectivity index is 1.48. The highest BCUT2D eigenvalue weighted by atomic mass is 16.5. The first-order valence-corrected chi connectivity index (χ1v) is 7.83. The second kappa shape index (κ2) is 7.58. The van der Waals surface area contributed by atoms with Gasteiger partial charge in [0.15, 0.2) is 6.61 Å². The number of hydrogen-bond acceptors (Lipinski definition) is 5. The number of nitrogens with zero attached hydrogens (tertiary/aromatic N) is 3. The number of ether oxygens (including phenoxy) is 1. The maximum absolute atomic E-state index is 11.8. The first-order chi connectivity index (χ1) is 11.3. The third-order valence-electron chi connectivity index (χ3n) is 3.67. The summed E-state index contributed by atoms with van der Waals surface area (Å²) in [6.07, 6.45) is 4.10. The fraction of sp³-hybridized carbons (Fsp3) is 0.353. The zero-order valence-electron chi connectivity index (χ0n) is 12.9. The van der Waals surface area contributed by atoms with Crippen LogP contribution in [0.25, 0.3) is 0 Å². The van der Waals surface area contributed by atoms with Crippen molar-refractivity contribution >= 4 is 11.9 Å². The molecule has 1 aromatic heterocycles. The predicted octanol–water partition coefficient (Wildman–Crippen LogP) is 1.77. The molecule has 0 unspecified atom stereocenters. The lowest BCUT2D eigenvalue weighted by Crippen LogP contribution is -2.29. The van der Waals surface area contributed by atoms with Gasteiger partial charge >= 0.3 is 0 Å². The highest BCUT2D eigenvalue weighted by molar-refractivity contribution is 5.77. The number of nitrogens with one attached hydrogen (secondary N) is 1. The number of hydrogen-bond donors (Lipinski definition) is 1. The van der Waals surface area contributed by atoms with Crippen LogP contribution < -0.4 is 15.0 Å². The van der Waals surface area contributed by atoms with Gasteiger partial charge in [0.25, 0.3) is 5.91 Å². The second-order valence-corrected chi connectivity index (χ2v) is 5.42. The van der Waals surface area contributed by atoms with Crippen molar-refractivity contribution in [3.63, 3.8) is 0 Å². The summed E-state index contributed by atoms with van der Waals surface area (Å²) in [5.41, 5.74) is 0.801. The summed E-state index contributed by atoms with van der Waals surface area (Å²) in [5, 5.41) is 2.81. The molecule has 2 aromatic rings. The summed E-state index contributed by atoms with van der Waals surface area (Å²) in [7, 11) is 0. The smallest absolute Gasteiger partial charge is 0.258 e. The van der Waals surface area contributed by atoms with E-state index in [1.165, 1.54) is 12.8 Å². The molecule has 1 N–H and O–H groups in total. The van der Waals surface area contributed by atoms with Gasteiger partial charge in [0.1, 0.15) is 5.75 Å². The van der Waals surface area contributed by atoms with E-state index in [1.54, 1.807) is 6.20 Å². The molecule has 0 spiro atoms. The Bertz CT molecular complexity index is 642. The van der Waals surface area contributed by atoms with Gasteiger partial charge in [0, 0.05) is 19.3 Å². The number of anilines is 1. The molecule has 1 aliphatic heterocycles. The van der Waals surface area contributed by atoms with Gasteiger partial charge in [-0.05, 0) is 31.0 Å². The summed E-state index contributed by atoms with van der Waals surface area (Å²) >= 11 is 0. The molecule has 0 bridgehead atoms. The fourth-order valence-corrected chi connectivity index (χ4v) is 2.46. The summed E-state index contributed by atoms with van der Waals surface area (Å²) in [5.74, 6) is 1.26. The van der Waals surface area contributed by atoms with Crippen LogP contribution in [0, 0.1) is 0 Å². The lowest BCUT2D eigenvalue weighted by Gasteiger charge is -2.15. The lowest BCUT2D eigenvalue weighted by molar-refractivity contribution is -0.123. The van der Waals surface area contributed by atoms with Crippen molar-refractivity contribution in [2.45, 2.75) is 19.4 Å². The molecule has 23 heavy (non-hydrogen) atoms. The fourth-order valence-electron chi connectivity index (χ4n) is 2.46. The number of para-hydroxylation sites is 1. The molecule has 2 heterocycles. The van der Waals surface area contributed by atoms with E-state index in [0.29, 0.717) is 12.3 Å². The van der Waals surface area contributed by atoms with E-state index in [0.717, 1.165) is 24.7 Å². The number of amides is 1. The average molecular weight is 312 g/mol. The number of carbonyl (C=O) groups excluding carboxylic acids is 1. The van der Waals surface area contributed by atoms with Crippen molar-refractivity contribution in [1.82, 2.24) is 15.3 Å². The molecule has 0 atom stereocenters. The van der Waals surface area contributed by atoms with Crippen LogP contribution in [0.3, 0.4) is 0 Å². The summed E-state index contributed by atoms with van der Waals surface area (Å²) in [4.78, 5) is 22.8. The third-order valence-corrected chi connectivity index (χ3v) is 3.67. The average Bonchev–Trinajstić information content (AvgIpc) is 3.14. The highest BCUT2D eigenvalue weighted by Gasteiger charge is 2.15. The molecule has 1 amide bonds. The molecule has 1 aliphatic rings. The molecule has 120 valence electrons. The monoisotopic (exact) mass is 312 g/mol. The number of aromatic nitrogens is 2. The number of rotatable bonds is 6.